The fourth-order valence-electron chi connectivity index (χ4n) is 3.49. The average Bonchev–Trinajstić information content (AvgIpc) is 2.86. The van der Waals surface area contributed by atoms with E-state index in [9.17, 15) is 0 Å². The molecule has 0 aliphatic carbocycles. The first-order valence-electron chi connectivity index (χ1n) is 11.3. The minimum atomic E-state index is -0.443. The number of hydrogen-bond acceptors (Lipinski definition) is 4. The lowest BCUT2D eigenvalue weighted by molar-refractivity contribution is -0.112. The molecular formula is C29H34O4. The summed E-state index contributed by atoms with van der Waals surface area (Å²) in [4.78, 5) is 0. The first-order valence-corrected chi connectivity index (χ1v) is 11.3. The molecule has 0 bridgehead atoms. The van der Waals surface area contributed by atoms with E-state index < -0.39 is 5.41 Å². The van der Waals surface area contributed by atoms with Crippen LogP contribution in [-0.4, -0.2) is 33.0 Å². The zero-order valence-corrected chi connectivity index (χ0v) is 19.2. The molecule has 174 valence electrons. The zero-order chi connectivity index (χ0) is 23.0. The van der Waals surface area contributed by atoms with Crippen LogP contribution in [0.1, 0.15) is 16.7 Å². The van der Waals surface area contributed by atoms with E-state index in [1.54, 1.807) is 6.08 Å². The highest BCUT2D eigenvalue weighted by Crippen LogP contribution is 2.23. The monoisotopic (exact) mass is 446 g/mol. The smallest absolute Gasteiger partial charge is 0.0717 e. The Balaban J connectivity index is 1.65. The van der Waals surface area contributed by atoms with Gasteiger partial charge in [-0.3, -0.25) is 0 Å². The summed E-state index contributed by atoms with van der Waals surface area (Å²) in [5, 5.41) is 0. The van der Waals surface area contributed by atoms with Gasteiger partial charge < -0.3 is 18.9 Å². The molecule has 0 aromatic heterocycles. The molecule has 0 saturated heterocycles. The second-order valence-electron chi connectivity index (χ2n) is 8.24. The van der Waals surface area contributed by atoms with Crippen molar-refractivity contribution in [3.63, 3.8) is 0 Å². The molecule has 0 heterocycles. The number of hydrogen-bond donors (Lipinski definition) is 0. The summed E-state index contributed by atoms with van der Waals surface area (Å²) in [5.74, 6) is 0. The normalized spacial score (nSPS) is 11.4. The Hall–Kier alpha value is -2.76. The van der Waals surface area contributed by atoms with Crippen molar-refractivity contribution in [2.24, 2.45) is 5.41 Å². The van der Waals surface area contributed by atoms with E-state index in [1.165, 1.54) is 0 Å². The predicted molar refractivity (Wildman–Crippen MR) is 132 cm³/mol. The van der Waals surface area contributed by atoms with Crippen LogP contribution in [0.15, 0.2) is 104 Å². The summed E-state index contributed by atoms with van der Waals surface area (Å²) in [6.45, 7) is 7.66. The second-order valence-corrected chi connectivity index (χ2v) is 8.24. The van der Waals surface area contributed by atoms with Crippen molar-refractivity contribution in [1.29, 1.82) is 0 Å². The van der Waals surface area contributed by atoms with Gasteiger partial charge in [0.1, 0.15) is 0 Å². The minimum absolute atomic E-state index is 0.443. The lowest BCUT2D eigenvalue weighted by Gasteiger charge is -2.33. The Morgan fingerprint density at radius 3 is 1.18 bits per heavy atom. The van der Waals surface area contributed by atoms with Crippen LogP contribution in [0.5, 0.6) is 0 Å². The van der Waals surface area contributed by atoms with Crippen molar-refractivity contribution >= 4 is 0 Å². The van der Waals surface area contributed by atoms with Crippen molar-refractivity contribution in [3.8, 4) is 0 Å². The molecule has 0 atom stereocenters. The summed E-state index contributed by atoms with van der Waals surface area (Å²) in [5.41, 5.74) is 2.96. The zero-order valence-electron chi connectivity index (χ0n) is 19.2. The Bertz CT molecular complexity index is 786. The van der Waals surface area contributed by atoms with Gasteiger partial charge in [0.25, 0.3) is 0 Å². The van der Waals surface area contributed by atoms with Gasteiger partial charge in [0, 0.05) is 0 Å². The van der Waals surface area contributed by atoms with E-state index in [2.05, 4.69) is 43.0 Å². The SMILES string of the molecule is C=CCOCC(COCc1ccccc1)(COCc1ccccc1)COCc1ccccc1. The molecule has 33 heavy (non-hydrogen) atoms. The third-order valence-electron chi connectivity index (χ3n) is 5.20. The van der Waals surface area contributed by atoms with Gasteiger partial charge >= 0.3 is 0 Å². The van der Waals surface area contributed by atoms with Crippen molar-refractivity contribution in [2.45, 2.75) is 19.8 Å². The third-order valence-corrected chi connectivity index (χ3v) is 5.20. The van der Waals surface area contributed by atoms with Crippen LogP contribution in [0.2, 0.25) is 0 Å². The van der Waals surface area contributed by atoms with Crippen LogP contribution in [0.4, 0.5) is 0 Å². The van der Waals surface area contributed by atoms with E-state index in [0.717, 1.165) is 16.7 Å². The predicted octanol–water partition coefficient (Wildman–Crippen LogP) is 5.83. The van der Waals surface area contributed by atoms with Gasteiger partial charge in [0.15, 0.2) is 0 Å². The van der Waals surface area contributed by atoms with E-state index >= 15 is 0 Å². The molecule has 0 amide bonds. The van der Waals surface area contributed by atoms with Gasteiger partial charge in [0.05, 0.1) is 58.3 Å². The molecule has 0 aliphatic heterocycles. The molecule has 0 spiro atoms. The van der Waals surface area contributed by atoms with Crippen LogP contribution in [0, 0.1) is 5.41 Å². The van der Waals surface area contributed by atoms with E-state index in [1.807, 2.05) is 54.6 Å². The van der Waals surface area contributed by atoms with E-state index in [0.29, 0.717) is 52.9 Å². The molecule has 3 aromatic rings. The topological polar surface area (TPSA) is 36.9 Å². The van der Waals surface area contributed by atoms with Crippen molar-refractivity contribution in [2.75, 3.05) is 33.0 Å². The molecule has 0 aliphatic rings. The average molecular weight is 447 g/mol. The maximum absolute atomic E-state index is 6.16. The molecule has 4 heteroatoms. The van der Waals surface area contributed by atoms with Crippen LogP contribution in [0.3, 0.4) is 0 Å². The minimum Gasteiger partial charge on any atom is -0.377 e. The largest absolute Gasteiger partial charge is 0.377 e. The highest BCUT2D eigenvalue weighted by Gasteiger charge is 2.32. The lowest BCUT2D eigenvalue weighted by atomic mass is 9.92. The van der Waals surface area contributed by atoms with Crippen LogP contribution < -0.4 is 0 Å². The Labute approximate surface area is 197 Å². The Morgan fingerprint density at radius 2 is 0.848 bits per heavy atom. The second kappa shape index (κ2) is 14.4. The fourth-order valence-corrected chi connectivity index (χ4v) is 3.49. The molecule has 0 fully saturated rings. The number of benzene rings is 3. The van der Waals surface area contributed by atoms with Crippen LogP contribution in [0.25, 0.3) is 0 Å². The number of rotatable bonds is 16. The lowest BCUT2D eigenvalue weighted by Crippen LogP contribution is -2.41. The molecule has 0 N–H and O–H groups in total. The van der Waals surface area contributed by atoms with Crippen molar-refractivity contribution in [1.82, 2.24) is 0 Å². The molecular weight excluding hydrogens is 412 g/mol. The molecule has 0 unspecified atom stereocenters. The van der Waals surface area contributed by atoms with Gasteiger partial charge in [-0.1, -0.05) is 97.1 Å². The van der Waals surface area contributed by atoms with Crippen molar-refractivity contribution in [3.05, 3.63) is 120 Å². The quantitative estimate of drug-likeness (QED) is 0.205. The summed E-state index contributed by atoms with van der Waals surface area (Å²) in [6, 6.07) is 30.5. The number of ether oxygens (including phenoxy) is 4. The molecule has 4 nitrogen and oxygen atoms in total. The summed E-state index contributed by atoms with van der Waals surface area (Å²) in [7, 11) is 0. The highest BCUT2D eigenvalue weighted by atomic mass is 16.5. The van der Waals surface area contributed by atoms with Gasteiger partial charge in [-0.25, -0.2) is 0 Å². The van der Waals surface area contributed by atoms with Crippen molar-refractivity contribution < 1.29 is 18.9 Å². The molecule has 3 aromatic carbocycles. The highest BCUT2D eigenvalue weighted by molar-refractivity contribution is 5.15. The maximum atomic E-state index is 6.16. The Kier molecular flexibility index (Phi) is 10.9. The summed E-state index contributed by atoms with van der Waals surface area (Å²) in [6.07, 6.45) is 1.76. The molecule has 0 saturated carbocycles. The van der Waals surface area contributed by atoms with Crippen LogP contribution in [-0.2, 0) is 38.8 Å². The van der Waals surface area contributed by atoms with Gasteiger partial charge in [-0.2, -0.15) is 0 Å². The summed E-state index contributed by atoms with van der Waals surface area (Å²) >= 11 is 0. The van der Waals surface area contributed by atoms with Gasteiger partial charge in [-0.05, 0) is 16.7 Å². The molecule has 3 rings (SSSR count). The van der Waals surface area contributed by atoms with Gasteiger partial charge in [0.2, 0.25) is 0 Å². The first kappa shape index (κ1) is 24.9. The van der Waals surface area contributed by atoms with Crippen LogP contribution >= 0.6 is 0 Å². The third kappa shape index (κ3) is 9.32. The Morgan fingerprint density at radius 1 is 0.515 bits per heavy atom. The van der Waals surface area contributed by atoms with E-state index in [-0.39, 0.29) is 0 Å². The fraction of sp³-hybridized carbons (Fsp3) is 0.310. The molecule has 0 radical (unpaired) electrons. The standard InChI is InChI=1S/C29H34O4/c1-2-18-30-22-29(23-31-19-26-12-6-3-7-13-26,24-32-20-27-14-8-4-9-15-27)25-33-21-28-16-10-5-11-17-28/h2-17H,1,18-25H2. The maximum Gasteiger partial charge on any atom is 0.0717 e. The van der Waals surface area contributed by atoms with E-state index in [4.69, 9.17) is 18.9 Å². The van der Waals surface area contributed by atoms with Gasteiger partial charge in [-0.15, -0.1) is 6.58 Å². The summed E-state index contributed by atoms with van der Waals surface area (Å²) < 4.78 is 24.4. The first-order chi connectivity index (χ1) is 16.3.